The molecule has 1 aliphatic heterocycles. The lowest BCUT2D eigenvalue weighted by molar-refractivity contribution is -0.0119. The van der Waals surface area contributed by atoms with Crippen molar-refractivity contribution in [3.63, 3.8) is 0 Å². The summed E-state index contributed by atoms with van der Waals surface area (Å²) >= 11 is 0. The number of likely N-dealkylation sites (N-methyl/N-ethyl adjacent to an activating group) is 1. The van der Waals surface area contributed by atoms with E-state index in [1.807, 2.05) is 7.05 Å². The van der Waals surface area contributed by atoms with Gasteiger partial charge in [0.25, 0.3) is 0 Å². The highest BCUT2D eigenvalue weighted by molar-refractivity contribution is 7.90. The van der Waals surface area contributed by atoms with Gasteiger partial charge in [0, 0.05) is 24.7 Å². The van der Waals surface area contributed by atoms with E-state index in [1.54, 1.807) is 0 Å². The molecule has 0 amide bonds. The number of nitrogens with one attached hydrogen (secondary N) is 1. The maximum absolute atomic E-state index is 11.1. The summed E-state index contributed by atoms with van der Waals surface area (Å²) in [6.07, 6.45) is 4.98. The Bertz CT molecular complexity index is 307. The fraction of sp³-hybridized carbons (Fsp3) is 1.00. The predicted octanol–water partition coefficient (Wildman–Crippen LogP) is 0.968. The highest BCUT2D eigenvalue weighted by Crippen LogP contribution is 2.30. The largest absolute Gasteiger partial charge is 0.374 e. The van der Waals surface area contributed by atoms with Gasteiger partial charge in [-0.05, 0) is 39.7 Å². The Morgan fingerprint density at radius 1 is 1.50 bits per heavy atom. The maximum Gasteiger partial charge on any atom is 0.147 e. The van der Waals surface area contributed by atoms with Crippen molar-refractivity contribution >= 4 is 9.84 Å². The van der Waals surface area contributed by atoms with Gasteiger partial charge < -0.3 is 10.1 Å². The Labute approximate surface area is 98.7 Å². The van der Waals surface area contributed by atoms with E-state index in [0.29, 0.717) is 6.42 Å². The quantitative estimate of drug-likeness (QED) is 0.762. The third kappa shape index (κ3) is 4.03. The molecule has 5 heteroatoms. The summed E-state index contributed by atoms with van der Waals surface area (Å²) < 4.78 is 27.9. The van der Waals surface area contributed by atoms with Crippen LogP contribution in [0.3, 0.4) is 0 Å². The van der Waals surface area contributed by atoms with Crippen molar-refractivity contribution in [2.24, 2.45) is 0 Å². The van der Waals surface area contributed by atoms with Crippen LogP contribution in [-0.4, -0.2) is 45.7 Å². The van der Waals surface area contributed by atoms with Crippen molar-refractivity contribution in [3.05, 3.63) is 0 Å². The molecular weight excluding hydrogens is 226 g/mol. The first-order valence-corrected chi connectivity index (χ1v) is 7.92. The van der Waals surface area contributed by atoms with Crippen molar-refractivity contribution in [2.45, 2.75) is 44.2 Å². The summed E-state index contributed by atoms with van der Waals surface area (Å²) in [4.78, 5) is 0. The van der Waals surface area contributed by atoms with Gasteiger partial charge in [0.1, 0.15) is 9.84 Å². The zero-order chi connectivity index (χ0) is 12.2. The van der Waals surface area contributed by atoms with Crippen LogP contribution < -0.4 is 5.32 Å². The summed E-state index contributed by atoms with van der Waals surface area (Å²) in [5, 5.41) is 3.25. The molecule has 1 heterocycles. The Morgan fingerprint density at radius 3 is 2.62 bits per heavy atom. The SMILES string of the molecule is CNC(CCCS(C)(=O)=O)C1(C)CCCO1. The van der Waals surface area contributed by atoms with Gasteiger partial charge in [-0.25, -0.2) is 8.42 Å². The fourth-order valence-electron chi connectivity index (χ4n) is 2.38. The summed E-state index contributed by atoms with van der Waals surface area (Å²) in [6, 6.07) is 0.247. The van der Waals surface area contributed by atoms with Crippen LogP contribution >= 0.6 is 0 Å². The van der Waals surface area contributed by atoms with E-state index < -0.39 is 9.84 Å². The third-order valence-corrected chi connectivity index (χ3v) is 4.37. The fourth-order valence-corrected chi connectivity index (χ4v) is 3.07. The lowest BCUT2D eigenvalue weighted by atomic mass is 9.90. The van der Waals surface area contributed by atoms with E-state index in [2.05, 4.69) is 12.2 Å². The predicted molar refractivity (Wildman–Crippen MR) is 65.4 cm³/mol. The minimum Gasteiger partial charge on any atom is -0.374 e. The summed E-state index contributed by atoms with van der Waals surface area (Å²) in [5.41, 5.74) is -0.119. The molecule has 1 saturated heterocycles. The van der Waals surface area contributed by atoms with Crippen molar-refractivity contribution in [2.75, 3.05) is 25.7 Å². The van der Waals surface area contributed by atoms with Gasteiger partial charge in [-0.3, -0.25) is 0 Å². The van der Waals surface area contributed by atoms with Crippen LogP contribution in [0, 0.1) is 0 Å². The molecule has 96 valence electrons. The molecule has 1 aliphatic rings. The molecule has 1 N–H and O–H groups in total. The maximum atomic E-state index is 11.1. The average Bonchev–Trinajstić information content (AvgIpc) is 2.59. The van der Waals surface area contributed by atoms with Gasteiger partial charge in [0.15, 0.2) is 0 Å². The second-order valence-electron chi connectivity index (χ2n) is 4.88. The second kappa shape index (κ2) is 5.47. The normalized spacial score (nSPS) is 28.2. The molecular formula is C11H23NO3S. The van der Waals surface area contributed by atoms with Crippen LogP contribution in [-0.2, 0) is 14.6 Å². The van der Waals surface area contributed by atoms with Gasteiger partial charge in [-0.2, -0.15) is 0 Å². The molecule has 0 aromatic rings. The Kier molecular flexibility index (Phi) is 4.76. The summed E-state index contributed by atoms with van der Waals surface area (Å²) in [7, 11) is -0.925. The van der Waals surface area contributed by atoms with Crippen molar-refractivity contribution in [3.8, 4) is 0 Å². The van der Waals surface area contributed by atoms with Gasteiger partial charge in [-0.15, -0.1) is 0 Å². The molecule has 16 heavy (non-hydrogen) atoms. The van der Waals surface area contributed by atoms with E-state index in [1.165, 1.54) is 6.26 Å². The Hall–Kier alpha value is -0.130. The topological polar surface area (TPSA) is 55.4 Å². The first kappa shape index (κ1) is 13.9. The Morgan fingerprint density at radius 2 is 2.19 bits per heavy atom. The lowest BCUT2D eigenvalue weighted by Gasteiger charge is -2.33. The first-order chi connectivity index (χ1) is 7.37. The van der Waals surface area contributed by atoms with Crippen molar-refractivity contribution in [1.82, 2.24) is 5.32 Å². The first-order valence-electron chi connectivity index (χ1n) is 5.86. The van der Waals surface area contributed by atoms with Crippen LogP contribution in [0.25, 0.3) is 0 Å². The van der Waals surface area contributed by atoms with E-state index >= 15 is 0 Å². The second-order valence-corrected chi connectivity index (χ2v) is 7.14. The van der Waals surface area contributed by atoms with Crippen molar-refractivity contribution in [1.29, 1.82) is 0 Å². The highest BCUT2D eigenvalue weighted by Gasteiger charge is 2.37. The monoisotopic (exact) mass is 249 g/mol. The number of sulfone groups is 1. The van der Waals surface area contributed by atoms with E-state index in [4.69, 9.17) is 4.74 Å². The lowest BCUT2D eigenvalue weighted by Crippen LogP contribution is -2.47. The third-order valence-electron chi connectivity index (χ3n) is 3.34. The molecule has 1 rings (SSSR count). The van der Waals surface area contributed by atoms with E-state index in [9.17, 15) is 8.42 Å². The molecule has 1 fully saturated rings. The van der Waals surface area contributed by atoms with Crippen LogP contribution in [0.15, 0.2) is 0 Å². The van der Waals surface area contributed by atoms with Gasteiger partial charge in [0.05, 0.1) is 5.60 Å². The van der Waals surface area contributed by atoms with Gasteiger partial charge >= 0.3 is 0 Å². The minimum absolute atomic E-state index is 0.119. The van der Waals surface area contributed by atoms with Crippen molar-refractivity contribution < 1.29 is 13.2 Å². The number of rotatable bonds is 6. The molecule has 2 atom stereocenters. The minimum atomic E-state index is -2.84. The molecule has 0 aromatic carbocycles. The van der Waals surface area contributed by atoms with Crippen LogP contribution in [0.5, 0.6) is 0 Å². The van der Waals surface area contributed by atoms with Crippen LogP contribution in [0.1, 0.15) is 32.6 Å². The zero-order valence-corrected chi connectivity index (χ0v) is 11.3. The molecule has 2 unspecified atom stereocenters. The molecule has 0 saturated carbocycles. The summed E-state index contributed by atoms with van der Waals surface area (Å²) in [5.74, 6) is 0.265. The van der Waals surface area contributed by atoms with E-state index in [0.717, 1.165) is 25.9 Å². The highest BCUT2D eigenvalue weighted by atomic mass is 32.2. The molecule has 0 spiro atoms. The smallest absolute Gasteiger partial charge is 0.147 e. The van der Waals surface area contributed by atoms with E-state index in [-0.39, 0.29) is 17.4 Å². The molecule has 4 nitrogen and oxygen atoms in total. The zero-order valence-electron chi connectivity index (χ0n) is 10.5. The van der Waals surface area contributed by atoms with Gasteiger partial charge in [0.2, 0.25) is 0 Å². The van der Waals surface area contributed by atoms with Gasteiger partial charge in [-0.1, -0.05) is 0 Å². The average molecular weight is 249 g/mol. The number of ether oxygens (including phenoxy) is 1. The number of hydrogen-bond donors (Lipinski definition) is 1. The molecule has 0 bridgehead atoms. The Balaban J connectivity index is 2.43. The molecule has 0 radical (unpaired) electrons. The van der Waals surface area contributed by atoms with Crippen LogP contribution in [0.2, 0.25) is 0 Å². The molecule has 0 aromatic heterocycles. The summed E-state index contributed by atoms with van der Waals surface area (Å²) in [6.45, 7) is 2.93. The number of hydrogen-bond acceptors (Lipinski definition) is 4. The van der Waals surface area contributed by atoms with Crippen LogP contribution in [0.4, 0.5) is 0 Å². The standard InChI is InChI=1S/C11H23NO3S/c1-11(7-5-8-15-11)10(12-2)6-4-9-16(3,13)14/h10,12H,4-9H2,1-3H3. The molecule has 0 aliphatic carbocycles.